The van der Waals surface area contributed by atoms with Crippen molar-refractivity contribution in [2.45, 2.75) is 11.8 Å². The van der Waals surface area contributed by atoms with E-state index in [-0.39, 0.29) is 16.3 Å². The van der Waals surface area contributed by atoms with Crippen molar-refractivity contribution in [2.24, 2.45) is 0 Å². The Balaban J connectivity index is 2.41. The van der Waals surface area contributed by atoms with Crippen LogP contribution in [0.1, 0.15) is 6.92 Å². The molecule has 0 aliphatic heterocycles. The predicted molar refractivity (Wildman–Crippen MR) is 88.1 cm³/mol. The molecule has 2 aromatic carbocycles. The lowest BCUT2D eigenvalue weighted by Crippen LogP contribution is -2.14. The molecule has 0 unspecified atom stereocenters. The number of benzene rings is 2. The predicted octanol–water partition coefficient (Wildman–Crippen LogP) is 2.80. The summed E-state index contributed by atoms with van der Waals surface area (Å²) in [6.07, 6.45) is 0. The minimum absolute atomic E-state index is 0.0198. The van der Waals surface area contributed by atoms with Gasteiger partial charge in [-0.2, -0.15) is 0 Å². The number of nitro groups is 1. The third-order valence-corrected chi connectivity index (χ3v) is 4.45. The van der Waals surface area contributed by atoms with Crippen LogP contribution in [0.3, 0.4) is 0 Å². The lowest BCUT2D eigenvalue weighted by molar-refractivity contribution is -0.386. The van der Waals surface area contributed by atoms with Gasteiger partial charge in [-0.15, -0.1) is 0 Å². The van der Waals surface area contributed by atoms with Gasteiger partial charge in [0.05, 0.1) is 29.2 Å². The number of rotatable bonds is 7. The molecular formula is C15H16N2O6S. The smallest absolute Gasteiger partial charge is 0.312 e. The van der Waals surface area contributed by atoms with Crippen LogP contribution in [0.2, 0.25) is 0 Å². The molecule has 1 N–H and O–H groups in total. The zero-order valence-corrected chi connectivity index (χ0v) is 13.9. The Morgan fingerprint density at radius 2 is 1.88 bits per heavy atom. The summed E-state index contributed by atoms with van der Waals surface area (Å²) in [6, 6.07) is 9.94. The molecule has 0 fully saturated rings. The van der Waals surface area contributed by atoms with Crippen molar-refractivity contribution in [1.29, 1.82) is 0 Å². The van der Waals surface area contributed by atoms with Gasteiger partial charge in [0.25, 0.3) is 10.0 Å². The van der Waals surface area contributed by atoms with Gasteiger partial charge in [0, 0.05) is 6.07 Å². The molecule has 0 aromatic heterocycles. The minimum Gasteiger partial charge on any atom is -0.492 e. The van der Waals surface area contributed by atoms with Gasteiger partial charge in [-0.3, -0.25) is 14.8 Å². The number of hydrogen-bond acceptors (Lipinski definition) is 6. The Kier molecular flexibility index (Phi) is 5.24. The lowest BCUT2D eigenvalue weighted by Gasteiger charge is -2.13. The highest BCUT2D eigenvalue weighted by Crippen LogP contribution is 2.31. The maximum Gasteiger partial charge on any atom is 0.312 e. The average molecular weight is 352 g/mol. The highest BCUT2D eigenvalue weighted by Gasteiger charge is 2.23. The summed E-state index contributed by atoms with van der Waals surface area (Å²) in [5.41, 5.74) is -0.184. The first-order valence-corrected chi connectivity index (χ1v) is 8.44. The number of nitrogens with one attached hydrogen (secondary N) is 1. The zero-order valence-electron chi connectivity index (χ0n) is 13.1. The summed E-state index contributed by atoms with van der Waals surface area (Å²) in [4.78, 5) is 10.1. The third-order valence-electron chi connectivity index (χ3n) is 3.09. The molecule has 8 nitrogen and oxygen atoms in total. The molecule has 2 rings (SSSR count). The van der Waals surface area contributed by atoms with Crippen LogP contribution in [-0.4, -0.2) is 27.1 Å². The molecule has 0 saturated heterocycles. The van der Waals surface area contributed by atoms with Gasteiger partial charge >= 0.3 is 5.69 Å². The van der Waals surface area contributed by atoms with Crippen LogP contribution in [0, 0.1) is 10.1 Å². The normalized spacial score (nSPS) is 10.9. The Labute approximate surface area is 139 Å². The Morgan fingerprint density at radius 1 is 1.17 bits per heavy atom. The van der Waals surface area contributed by atoms with E-state index in [0.29, 0.717) is 12.4 Å². The lowest BCUT2D eigenvalue weighted by atomic mass is 10.3. The van der Waals surface area contributed by atoms with Gasteiger partial charge in [0.1, 0.15) is 5.75 Å². The molecule has 0 radical (unpaired) electrons. The molecule has 0 atom stereocenters. The Morgan fingerprint density at radius 3 is 2.50 bits per heavy atom. The minimum atomic E-state index is -4.03. The van der Waals surface area contributed by atoms with Crippen molar-refractivity contribution >= 4 is 21.4 Å². The van der Waals surface area contributed by atoms with Gasteiger partial charge in [-0.05, 0) is 31.2 Å². The summed E-state index contributed by atoms with van der Waals surface area (Å²) < 4.78 is 37.6. The van der Waals surface area contributed by atoms with Gasteiger partial charge < -0.3 is 9.47 Å². The highest BCUT2D eigenvalue weighted by atomic mass is 32.2. The fourth-order valence-electron chi connectivity index (χ4n) is 2.02. The van der Waals surface area contributed by atoms with Crippen LogP contribution in [0.25, 0.3) is 0 Å². The Bertz CT molecular complexity index is 851. The number of hydrogen-bond donors (Lipinski definition) is 1. The third kappa shape index (κ3) is 3.74. The largest absolute Gasteiger partial charge is 0.492 e. The van der Waals surface area contributed by atoms with Crippen LogP contribution in [0.4, 0.5) is 11.4 Å². The van der Waals surface area contributed by atoms with E-state index in [0.717, 1.165) is 6.07 Å². The quantitative estimate of drug-likeness (QED) is 0.606. The van der Waals surface area contributed by atoms with E-state index in [4.69, 9.17) is 9.47 Å². The molecule has 128 valence electrons. The average Bonchev–Trinajstić information content (AvgIpc) is 2.56. The molecule has 2 aromatic rings. The van der Waals surface area contributed by atoms with Crippen molar-refractivity contribution in [2.75, 3.05) is 18.4 Å². The maximum absolute atomic E-state index is 12.5. The Hall–Kier alpha value is -2.81. The molecule has 0 saturated carbocycles. The van der Waals surface area contributed by atoms with Gasteiger partial charge in [-0.25, -0.2) is 8.42 Å². The molecular weight excluding hydrogens is 336 g/mol. The van der Waals surface area contributed by atoms with Crippen LogP contribution >= 0.6 is 0 Å². The van der Waals surface area contributed by atoms with Crippen molar-refractivity contribution in [3.05, 3.63) is 52.6 Å². The standard InChI is InChI=1S/C15H16N2O6S/c1-3-23-14-7-5-4-6-12(14)16-24(20,21)11-8-9-15(22-2)13(10-11)17(18)19/h4-10,16H,3H2,1-2H3. The number of nitro benzene ring substituents is 1. The first kappa shape index (κ1) is 17.5. The van der Waals surface area contributed by atoms with E-state index in [2.05, 4.69) is 4.72 Å². The van der Waals surface area contributed by atoms with Crippen LogP contribution in [0.15, 0.2) is 47.4 Å². The second kappa shape index (κ2) is 7.18. The second-order valence-corrected chi connectivity index (χ2v) is 6.31. The van der Waals surface area contributed by atoms with Crippen LogP contribution in [0.5, 0.6) is 11.5 Å². The number of anilines is 1. The SMILES string of the molecule is CCOc1ccccc1NS(=O)(=O)c1ccc(OC)c([N+](=O)[O-])c1. The molecule has 0 aliphatic rings. The van der Waals surface area contributed by atoms with E-state index >= 15 is 0 Å². The van der Waals surface area contributed by atoms with Crippen molar-refractivity contribution in [3.63, 3.8) is 0 Å². The van der Waals surface area contributed by atoms with E-state index in [1.54, 1.807) is 31.2 Å². The second-order valence-electron chi connectivity index (χ2n) is 4.63. The summed E-state index contributed by atoms with van der Waals surface area (Å²) >= 11 is 0. The highest BCUT2D eigenvalue weighted by molar-refractivity contribution is 7.92. The van der Waals surface area contributed by atoms with E-state index in [1.807, 2.05) is 0 Å². The molecule has 24 heavy (non-hydrogen) atoms. The van der Waals surface area contributed by atoms with Crippen molar-refractivity contribution in [3.8, 4) is 11.5 Å². The molecule has 0 bridgehead atoms. The molecule has 0 heterocycles. The molecule has 9 heteroatoms. The number of methoxy groups -OCH3 is 1. The van der Waals surface area contributed by atoms with E-state index in [9.17, 15) is 18.5 Å². The number of para-hydroxylation sites is 2. The topological polar surface area (TPSA) is 108 Å². The summed E-state index contributed by atoms with van der Waals surface area (Å²) in [6.45, 7) is 2.14. The van der Waals surface area contributed by atoms with Crippen molar-refractivity contribution < 1.29 is 22.8 Å². The fraction of sp³-hybridized carbons (Fsp3) is 0.200. The monoisotopic (exact) mass is 352 g/mol. The summed E-state index contributed by atoms with van der Waals surface area (Å²) in [5, 5.41) is 11.0. The zero-order chi connectivity index (χ0) is 17.7. The summed E-state index contributed by atoms with van der Waals surface area (Å²) in [7, 11) is -2.75. The number of ether oxygens (including phenoxy) is 2. The van der Waals surface area contributed by atoms with E-state index < -0.39 is 20.6 Å². The van der Waals surface area contributed by atoms with Gasteiger partial charge in [0.15, 0.2) is 5.75 Å². The van der Waals surface area contributed by atoms with Gasteiger partial charge in [0.2, 0.25) is 0 Å². The number of sulfonamides is 1. The fourth-order valence-corrected chi connectivity index (χ4v) is 3.11. The first-order chi connectivity index (χ1) is 11.4. The molecule has 0 spiro atoms. The molecule has 0 amide bonds. The first-order valence-electron chi connectivity index (χ1n) is 6.96. The van der Waals surface area contributed by atoms with Crippen LogP contribution < -0.4 is 14.2 Å². The van der Waals surface area contributed by atoms with E-state index in [1.165, 1.54) is 19.2 Å². The van der Waals surface area contributed by atoms with Crippen molar-refractivity contribution in [1.82, 2.24) is 0 Å². The maximum atomic E-state index is 12.5. The summed E-state index contributed by atoms with van der Waals surface area (Å²) in [5.74, 6) is 0.347. The van der Waals surface area contributed by atoms with Crippen LogP contribution in [-0.2, 0) is 10.0 Å². The van der Waals surface area contributed by atoms with Gasteiger partial charge in [-0.1, -0.05) is 12.1 Å². The number of nitrogens with zero attached hydrogens (tertiary/aromatic N) is 1. The molecule has 0 aliphatic carbocycles.